The van der Waals surface area contributed by atoms with Crippen molar-refractivity contribution >= 4 is 0 Å². The van der Waals surface area contributed by atoms with E-state index in [0.29, 0.717) is 30.1 Å². The first-order valence-corrected chi connectivity index (χ1v) is 10.5. The molecule has 28 heavy (non-hydrogen) atoms. The van der Waals surface area contributed by atoms with Crippen LogP contribution in [0.25, 0.3) is 0 Å². The summed E-state index contributed by atoms with van der Waals surface area (Å²) in [7, 11) is 0. The van der Waals surface area contributed by atoms with Crippen LogP contribution in [-0.2, 0) is 11.3 Å². The summed E-state index contributed by atoms with van der Waals surface area (Å²) in [5, 5.41) is 20.0. The van der Waals surface area contributed by atoms with E-state index in [2.05, 4.69) is 6.92 Å². The molecule has 148 valence electrons. The van der Waals surface area contributed by atoms with Crippen LogP contribution in [0, 0.1) is 17.8 Å². The molecular formula is C24H28O4. The molecule has 2 fully saturated rings. The van der Waals surface area contributed by atoms with Gasteiger partial charge in [0.15, 0.2) is 0 Å². The second-order valence-electron chi connectivity index (χ2n) is 8.84. The van der Waals surface area contributed by atoms with Crippen molar-refractivity contribution in [2.24, 2.45) is 17.8 Å². The Morgan fingerprint density at radius 2 is 1.86 bits per heavy atom. The minimum atomic E-state index is -0.0210. The summed E-state index contributed by atoms with van der Waals surface area (Å²) >= 11 is 0. The van der Waals surface area contributed by atoms with E-state index in [4.69, 9.17) is 9.47 Å². The van der Waals surface area contributed by atoms with Crippen molar-refractivity contribution < 1.29 is 19.7 Å². The van der Waals surface area contributed by atoms with Gasteiger partial charge in [-0.3, -0.25) is 0 Å². The zero-order chi connectivity index (χ0) is 19.3. The van der Waals surface area contributed by atoms with Gasteiger partial charge in [-0.15, -0.1) is 0 Å². The highest BCUT2D eigenvalue weighted by atomic mass is 16.5. The topological polar surface area (TPSA) is 58.9 Å². The molecule has 3 aliphatic rings. The number of phenolic OH excluding ortho intramolecular Hbond substituents is 2. The summed E-state index contributed by atoms with van der Waals surface area (Å²) in [6.45, 7) is 3.51. The Labute approximate surface area is 166 Å². The molecule has 0 spiro atoms. The number of ether oxygens (including phenoxy) is 2. The Bertz CT molecular complexity index is 860. The fraction of sp³-hybridized carbons (Fsp3) is 0.500. The van der Waals surface area contributed by atoms with Crippen LogP contribution in [0.4, 0.5) is 0 Å². The summed E-state index contributed by atoms with van der Waals surface area (Å²) in [5.74, 6) is 3.72. The van der Waals surface area contributed by atoms with Crippen molar-refractivity contribution in [2.45, 2.75) is 51.2 Å². The smallest absolute Gasteiger partial charge is 0.129 e. The molecule has 1 unspecified atom stereocenters. The summed E-state index contributed by atoms with van der Waals surface area (Å²) in [6, 6.07) is 11.1. The zero-order valence-corrected chi connectivity index (χ0v) is 16.3. The van der Waals surface area contributed by atoms with E-state index >= 15 is 0 Å². The Balaban J connectivity index is 1.46. The molecule has 2 saturated carbocycles. The predicted octanol–water partition coefficient (Wildman–Crippen LogP) is 5.29. The van der Waals surface area contributed by atoms with Gasteiger partial charge in [0, 0.05) is 17.0 Å². The number of phenols is 2. The highest BCUT2D eigenvalue weighted by Crippen LogP contribution is 2.55. The second kappa shape index (κ2) is 7.00. The van der Waals surface area contributed by atoms with Gasteiger partial charge in [0.05, 0.1) is 13.2 Å². The third-order valence-corrected chi connectivity index (χ3v) is 6.87. The summed E-state index contributed by atoms with van der Waals surface area (Å²) in [6.07, 6.45) is 4.65. The summed E-state index contributed by atoms with van der Waals surface area (Å²) in [5.41, 5.74) is 3.18. The van der Waals surface area contributed by atoms with E-state index in [1.54, 1.807) is 18.2 Å². The van der Waals surface area contributed by atoms with Gasteiger partial charge in [-0.2, -0.15) is 0 Å². The van der Waals surface area contributed by atoms with Crippen LogP contribution >= 0.6 is 0 Å². The molecule has 5 rings (SSSR count). The number of hydrogen-bond acceptors (Lipinski definition) is 4. The molecule has 2 aromatic rings. The molecule has 2 aliphatic carbocycles. The third-order valence-electron chi connectivity index (χ3n) is 6.87. The van der Waals surface area contributed by atoms with E-state index in [0.717, 1.165) is 47.8 Å². The highest BCUT2D eigenvalue weighted by molar-refractivity contribution is 5.51. The number of aromatic hydroxyl groups is 2. The molecular weight excluding hydrogens is 352 g/mol. The van der Waals surface area contributed by atoms with Crippen molar-refractivity contribution in [3.05, 3.63) is 53.1 Å². The Morgan fingerprint density at radius 1 is 1.07 bits per heavy atom. The van der Waals surface area contributed by atoms with Gasteiger partial charge in [-0.25, -0.2) is 0 Å². The van der Waals surface area contributed by atoms with Gasteiger partial charge in [0.1, 0.15) is 23.4 Å². The van der Waals surface area contributed by atoms with Crippen LogP contribution in [-0.4, -0.2) is 16.8 Å². The quantitative estimate of drug-likeness (QED) is 0.740. The summed E-state index contributed by atoms with van der Waals surface area (Å²) in [4.78, 5) is 0. The average Bonchev–Trinajstić information content (AvgIpc) is 3.16. The van der Waals surface area contributed by atoms with Crippen LogP contribution in [0.3, 0.4) is 0 Å². The molecule has 4 heteroatoms. The maximum Gasteiger partial charge on any atom is 0.129 e. The molecule has 1 aliphatic heterocycles. The molecule has 0 aromatic heterocycles. The van der Waals surface area contributed by atoms with Gasteiger partial charge in [-0.1, -0.05) is 25.5 Å². The zero-order valence-electron chi connectivity index (χ0n) is 16.3. The SMILES string of the molecule is C[C@H]1CC1COCc1cc(O)cc2c1O[C@@H](c1ccc(O)cc1)[C@H]1CCC[C@@H]21. The third kappa shape index (κ3) is 3.24. The van der Waals surface area contributed by atoms with E-state index in [-0.39, 0.29) is 11.9 Å². The van der Waals surface area contributed by atoms with E-state index in [1.807, 2.05) is 18.2 Å². The first-order chi connectivity index (χ1) is 13.6. The number of hydrogen-bond donors (Lipinski definition) is 2. The Hall–Kier alpha value is -2.20. The lowest BCUT2D eigenvalue weighted by Gasteiger charge is -2.37. The van der Waals surface area contributed by atoms with Crippen LogP contribution in [0.15, 0.2) is 36.4 Å². The fourth-order valence-corrected chi connectivity index (χ4v) is 5.10. The number of rotatable bonds is 5. The lowest BCUT2D eigenvalue weighted by molar-refractivity contribution is 0.0847. The maximum absolute atomic E-state index is 10.3. The van der Waals surface area contributed by atoms with E-state index in [1.165, 1.54) is 12.8 Å². The molecule has 4 nitrogen and oxygen atoms in total. The molecule has 0 amide bonds. The van der Waals surface area contributed by atoms with Crippen molar-refractivity contribution in [3.63, 3.8) is 0 Å². The van der Waals surface area contributed by atoms with Crippen LogP contribution in [0.2, 0.25) is 0 Å². The van der Waals surface area contributed by atoms with E-state index in [9.17, 15) is 10.2 Å². The number of benzene rings is 2. The van der Waals surface area contributed by atoms with Gasteiger partial charge in [0.25, 0.3) is 0 Å². The van der Waals surface area contributed by atoms with E-state index < -0.39 is 0 Å². The predicted molar refractivity (Wildman–Crippen MR) is 107 cm³/mol. The van der Waals surface area contributed by atoms with Gasteiger partial charge in [0.2, 0.25) is 0 Å². The molecule has 2 aromatic carbocycles. The lowest BCUT2D eigenvalue weighted by Crippen LogP contribution is -2.27. The molecule has 0 radical (unpaired) electrons. The Morgan fingerprint density at radius 3 is 2.61 bits per heavy atom. The minimum absolute atomic E-state index is 0.0210. The molecule has 5 atom stereocenters. The number of fused-ring (bicyclic) bond motifs is 3. The van der Waals surface area contributed by atoms with Gasteiger partial charge < -0.3 is 19.7 Å². The lowest BCUT2D eigenvalue weighted by atomic mass is 9.79. The van der Waals surface area contributed by atoms with Crippen molar-refractivity contribution in [2.75, 3.05) is 6.61 Å². The summed E-state index contributed by atoms with van der Waals surface area (Å²) < 4.78 is 12.6. The highest BCUT2D eigenvalue weighted by Gasteiger charge is 2.43. The van der Waals surface area contributed by atoms with Crippen LogP contribution in [0.5, 0.6) is 17.2 Å². The van der Waals surface area contributed by atoms with Crippen LogP contribution < -0.4 is 4.74 Å². The minimum Gasteiger partial charge on any atom is -0.508 e. The molecule has 0 bridgehead atoms. The standard InChI is InChI=1S/C24H28O4/c1-14-9-16(14)12-27-13-17-10-19(26)11-22-20-3-2-4-21(20)23(28-24(17)22)15-5-7-18(25)8-6-15/h5-8,10-11,14,16,20-21,23,25-26H,2-4,9,12-13H2,1H3/t14-,16?,20+,21-,23-/m0/s1. The Kier molecular flexibility index (Phi) is 4.47. The van der Waals surface area contributed by atoms with Crippen molar-refractivity contribution in [1.29, 1.82) is 0 Å². The molecule has 0 saturated heterocycles. The second-order valence-corrected chi connectivity index (χ2v) is 8.84. The fourth-order valence-electron chi connectivity index (χ4n) is 5.10. The average molecular weight is 380 g/mol. The normalized spacial score (nSPS) is 30.4. The molecule has 1 heterocycles. The van der Waals surface area contributed by atoms with Crippen molar-refractivity contribution in [1.82, 2.24) is 0 Å². The maximum atomic E-state index is 10.3. The van der Waals surface area contributed by atoms with Gasteiger partial charge >= 0.3 is 0 Å². The monoisotopic (exact) mass is 380 g/mol. The van der Waals surface area contributed by atoms with Crippen molar-refractivity contribution in [3.8, 4) is 17.2 Å². The molecule has 2 N–H and O–H groups in total. The largest absolute Gasteiger partial charge is 0.508 e. The van der Waals surface area contributed by atoms with Crippen LogP contribution in [0.1, 0.15) is 61.3 Å². The first-order valence-electron chi connectivity index (χ1n) is 10.5. The van der Waals surface area contributed by atoms with Gasteiger partial charge in [-0.05, 0) is 66.8 Å². The first kappa shape index (κ1) is 17.9.